The number of nitrogens with one attached hydrogen (secondary N) is 1. The fourth-order valence-electron chi connectivity index (χ4n) is 4.07. The molecule has 2 heterocycles. The topological polar surface area (TPSA) is 157 Å². The summed E-state index contributed by atoms with van der Waals surface area (Å²) in [4.78, 5) is 11.6. The van der Waals surface area contributed by atoms with Crippen LogP contribution in [0, 0.1) is 27.7 Å². The van der Waals surface area contributed by atoms with Crippen molar-refractivity contribution in [2.75, 3.05) is 0 Å². The first-order valence-corrected chi connectivity index (χ1v) is 14.6. The van der Waals surface area contributed by atoms with E-state index < -0.39 is 18.8 Å². The Balaban J connectivity index is 0.000000233. The number of benzene rings is 2. The van der Waals surface area contributed by atoms with Crippen molar-refractivity contribution in [3.8, 4) is 11.1 Å². The summed E-state index contributed by atoms with van der Waals surface area (Å²) in [7, 11) is -1.48. The highest BCUT2D eigenvalue weighted by Crippen LogP contribution is 2.28. The summed E-state index contributed by atoms with van der Waals surface area (Å²) in [5.41, 5.74) is 11.5. The Morgan fingerprint density at radius 1 is 0.953 bits per heavy atom. The lowest BCUT2D eigenvalue weighted by molar-refractivity contribution is 0.0508. The van der Waals surface area contributed by atoms with Crippen molar-refractivity contribution in [2.24, 2.45) is 5.73 Å². The summed E-state index contributed by atoms with van der Waals surface area (Å²) in [6.07, 6.45) is -0.398. The molecule has 2 aromatic heterocycles. The Hall–Kier alpha value is -3.45. The molecule has 0 aliphatic carbocycles. The minimum Gasteiger partial charge on any atom is -0.444 e. The average molecular weight is 657 g/mol. The van der Waals surface area contributed by atoms with Crippen LogP contribution in [0.1, 0.15) is 80.7 Å². The van der Waals surface area contributed by atoms with E-state index in [1.165, 1.54) is 0 Å². The van der Waals surface area contributed by atoms with Crippen molar-refractivity contribution in [2.45, 2.75) is 80.0 Å². The van der Waals surface area contributed by atoms with Crippen LogP contribution in [0.3, 0.4) is 0 Å². The zero-order valence-corrected chi connectivity index (χ0v) is 27.8. The second kappa shape index (κ2) is 15.9. The first kappa shape index (κ1) is 35.7. The highest BCUT2D eigenvalue weighted by molar-refractivity contribution is 9.10. The molecule has 0 saturated heterocycles. The number of carbonyl (C=O) groups excluding carboxylic acids is 1. The van der Waals surface area contributed by atoms with Gasteiger partial charge in [-0.3, -0.25) is 0 Å². The highest BCUT2D eigenvalue weighted by atomic mass is 79.9. The number of nitrogens with two attached hydrogens (primary N) is 1. The van der Waals surface area contributed by atoms with Gasteiger partial charge in [0.15, 0.2) is 0 Å². The molecule has 1 amide bonds. The van der Waals surface area contributed by atoms with Crippen molar-refractivity contribution < 1.29 is 28.6 Å². The summed E-state index contributed by atoms with van der Waals surface area (Å²) in [5, 5.41) is 27.8. The number of hydrogen-bond acceptors (Lipinski definition) is 9. The maximum Gasteiger partial charge on any atom is 0.494 e. The Labute approximate surface area is 262 Å². The fourth-order valence-corrected chi connectivity index (χ4v) is 4.49. The number of halogens is 1. The van der Waals surface area contributed by atoms with Gasteiger partial charge in [0.05, 0.1) is 17.4 Å². The number of hydrogen-bond donors (Lipinski definition) is 4. The fraction of sp³-hybridized carbons (Fsp3) is 0.387. The van der Waals surface area contributed by atoms with E-state index in [4.69, 9.17) is 25.0 Å². The van der Waals surface area contributed by atoms with Crippen LogP contribution in [0.2, 0.25) is 0 Å². The maximum atomic E-state index is 11.6. The second-order valence-corrected chi connectivity index (χ2v) is 12.1. The summed E-state index contributed by atoms with van der Waals surface area (Å²) in [6, 6.07) is 16.0. The monoisotopic (exact) mass is 656 g/mol. The number of aryl methyl sites for hydroxylation is 4. The number of alkyl carbamates (subject to hydrolysis) is 1. The lowest BCUT2D eigenvalue weighted by Gasteiger charge is -2.22. The maximum absolute atomic E-state index is 11.6. The summed E-state index contributed by atoms with van der Waals surface area (Å²) in [5.74, 6) is 1.30. The molecule has 4 rings (SSSR count). The van der Waals surface area contributed by atoms with Gasteiger partial charge in [-0.2, -0.15) is 0 Å². The Morgan fingerprint density at radius 3 is 2.00 bits per heavy atom. The molecule has 0 radical (unpaired) electrons. The van der Waals surface area contributed by atoms with Gasteiger partial charge in [-0.1, -0.05) is 56.6 Å². The molecule has 43 heavy (non-hydrogen) atoms. The third-order valence-corrected chi connectivity index (χ3v) is 6.66. The minimum atomic E-state index is -1.48. The number of amides is 1. The molecule has 0 bridgehead atoms. The van der Waals surface area contributed by atoms with Gasteiger partial charge in [-0.15, -0.1) is 0 Å². The van der Waals surface area contributed by atoms with E-state index in [1.54, 1.807) is 13.8 Å². The largest absolute Gasteiger partial charge is 0.494 e. The van der Waals surface area contributed by atoms with Crippen LogP contribution in [0.4, 0.5) is 4.79 Å². The van der Waals surface area contributed by atoms with Crippen LogP contribution in [0.25, 0.3) is 11.1 Å². The lowest BCUT2D eigenvalue weighted by atomic mass is 9.79. The zero-order chi connectivity index (χ0) is 32.5. The Morgan fingerprint density at radius 2 is 1.53 bits per heavy atom. The molecule has 10 nitrogen and oxygen atoms in total. The molecular formula is C31H42BBrN4O6. The van der Waals surface area contributed by atoms with Crippen LogP contribution >= 0.6 is 15.9 Å². The molecule has 232 valence electrons. The highest BCUT2D eigenvalue weighted by Gasteiger charge is 2.21. The van der Waals surface area contributed by atoms with Gasteiger partial charge in [0, 0.05) is 21.5 Å². The van der Waals surface area contributed by atoms with Crippen molar-refractivity contribution >= 4 is 34.6 Å². The first-order chi connectivity index (χ1) is 20.0. The van der Waals surface area contributed by atoms with Crippen molar-refractivity contribution in [1.29, 1.82) is 0 Å². The van der Waals surface area contributed by atoms with Crippen LogP contribution in [-0.2, 0) is 4.74 Å². The van der Waals surface area contributed by atoms with Crippen LogP contribution in [0.5, 0.6) is 0 Å². The standard InChI is InChI=1S/C13H18BrNO2.C13H16N2O.C5H8BNO3/c1-9(10-6-5-7-11(14)8-10)15-12(16)17-13(2,3)4;1-8(14)11-5-4-6-12(7-11)13-9(2)15-16-10(13)3;1-3-5(6(8)9)4(2)10-7-3/h5-9H,1-4H3,(H,15,16);4-8H,14H2,1-3H3;8-9H,1-2H3/t9-;8-;/m00./s1. The predicted octanol–water partition coefficient (Wildman–Crippen LogP) is 5.98. The van der Waals surface area contributed by atoms with E-state index in [0.29, 0.717) is 16.9 Å². The summed E-state index contributed by atoms with van der Waals surface area (Å²) >= 11 is 3.40. The van der Waals surface area contributed by atoms with Crippen LogP contribution in [0.15, 0.2) is 62.0 Å². The van der Waals surface area contributed by atoms with E-state index >= 15 is 0 Å². The number of aromatic nitrogens is 2. The molecule has 0 fully saturated rings. The van der Waals surface area contributed by atoms with E-state index in [2.05, 4.69) is 48.2 Å². The first-order valence-electron chi connectivity index (χ1n) is 13.8. The average Bonchev–Trinajstić information content (AvgIpc) is 3.42. The number of nitrogens with zero attached hydrogens (tertiary/aromatic N) is 2. The van der Waals surface area contributed by atoms with E-state index in [0.717, 1.165) is 38.2 Å². The van der Waals surface area contributed by atoms with Gasteiger partial charge >= 0.3 is 13.2 Å². The van der Waals surface area contributed by atoms with Gasteiger partial charge < -0.3 is 34.9 Å². The molecule has 4 aromatic rings. The van der Waals surface area contributed by atoms with Gasteiger partial charge in [-0.25, -0.2) is 4.79 Å². The SMILES string of the molecule is C[C@H](NC(=O)OC(C)(C)C)c1cccc(Br)c1.Cc1noc(C)c1-c1cccc([C@H](C)N)c1.Cc1noc(C)c1B(O)O. The normalized spacial score (nSPS) is 12.2. The van der Waals surface area contributed by atoms with Gasteiger partial charge in [-0.05, 0) is 97.2 Å². The molecule has 2 aromatic carbocycles. The van der Waals surface area contributed by atoms with E-state index in [-0.39, 0.29) is 12.1 Å². The lowest BCUT2D eigenvalue weighted by Crippen LogP contribution is -2.34. The van der Waals surface area contributed by atoms with Gasteiger partial charge in [0.2, 0.25) is 0 Å². The van der Waals surface area contributed by atoms with E-state index in [1.807, 2.05) is 84.9 Å². The van der Waals surface area contributed by atoms with Gasteiger partial charge in [0.1, 0.15) is 17.1 Å². The van der Waals surface area contributed by atoms with Crippen molar-refractivity contribution in [3.05, 3.63) is 87.0 Å². The number of rotatable bonds is 5. The minimum absolute atomic E-state index is 0.0421. The molecule has 0 aliphatic heterocycles. The molecule has 12 heteroatoms. The second-order valence-electron chi connectivity index (χ2n) is 11.1. The van der Waals surface area contributed by atoms with Crippen LogP contribution in [-0.4, -0.2) is 39.2 Å². The molecule has 2 atom stereocenters. The predicted molar refractivity (Wildman–Crippen MR) is 172 cm³/mol. The molecule has 0 spiro atoms. The van der Waals surface area contributed by atoms with Crippen molar-refractivity contribution in [3.63, 3.8) is 0 Å². The zero-order valence-electron chi connectivity index (χ0n) is 26.2. The number of carbonyl (C=O) groups is 1. The third kappa shape index (κ3) is 11.3. The Kier molecular flexibility index (Phi) is 13.2. The molecule has 0 aliphatic rings. The quantitative estimate of drug-likeness (QED) is 0.190. The molecular weight excluding hydrogens is 615 g/mol. The van der Waals surface area contributed by atoms with Crippen molar-refractivity contribution in [1.82, 2.24) is 15.6 Å². The van der Waals surface area contributed by atoms with E-state index in [9.17, 15) is 4.79 Å². The van der Waals surface area contributed by atoms with Crippen LogP contribution < -0.4 is 16.5 Å². The Bertz CT molecular complexity index is 1440. The smallest absolute Gasteiger partial charge is 0.444 e. The number of ether oxygens (including phenoxy) is 1. The molecule has 0 unspecified atom stereocenters. The third-order valence-electron chi connectivity index (χ3n) is 6.16. The molecule has 0 saturated carbocycles. The van der Waals surface area contributed by atoms with Gasteiger partial charge in [0.25, 0.3) is 0 Å². The summed E-state index contributed by atoms with van der Waals surface area (Å²) in [6.45, 7) is 16.6. The summed E-state index contributed by atoms with van der Waals surface area (Å²) < 4.78 is 16.0. The molecule has 5 N–H and O–H groups in total.